The fourth-order valence-electron chi connectivity index (χ4n) is 2.48. The van der Waals surface area contributed by atoms with Crippen molar-refractivity contribution in [1.29, 1.82) is 0 Å². The van der Waals surface area contributed by atoms with Gasteiger partial charge in [0, 0.05) is 12.8 Å². The van der Waals surface area contributed by atoms with E-state index in [1.54, 1.807) is 0 Å². The van der Waals surface area contributed by atoms with Crippen molar-refractivity contribution < 1.29 is 22.4 Å². The van der Waals surface area contributed by atoms with Crippen molar-refractivity contribution in [1.82, 2.24) is 9.78 Å². The van der Waals surface area contributed by atoms with Gasteiger partial charge in [-0.2, -0.15) is 18.6 Å². The monoisotopic (exact) mass is 293 g/mol. The molecule has 1 saturated carbocycles. The largest absolute Gasteiger partial charge is 0.364 e. The third-order valence-electron chi connectivity index (χ3n) is 3.56. The van der Waals surface area contributed by atoms with Crippen molar-refractivity contribution in [3.05, 3.63) is 17.5 Å². The van der Waals surface area contributed by atoms with Crippen LogP contribution in [0.2, 0.25) is 0 Å². The molecule has 0 spiro atoms. The summed E-state index contributed by atoms with van der Waals surface area (Å²) in [5.74, 6) is -3.65. The minimum absolute atomic E-state index is 0.0311. The number of hydrogen-bond donors (Lipinski definition) is 1. The summed E-state index contributed by atoms with van der Waals surface area (Å²) < 4.78 is 51.7. The summed E-state index contributed by atoms with van der Waals surface area (Å²) in [5.41, 5.74) is 4.92. The third-order valence-corrected chi connectivity index (χ3v) is 3.56. The van der Waals surface area contributed by atoms with Crippen molar-refractivity contribution in [2.24, 2.45) is 11.7 Å². The Hall–Kier alpha value is -1.60. The van der Waals surface area contributed by atoms with Gasteiger partial charge in [-0.05, 0) is 31.2 Å². The minimum atomic E-state index is -2.96. The van der Waals surface area contributed by atoms with Crippen LogP contribution >= 0.6 is 0 Å². The number of alkyl halides is 4. The topological polar surface area (TPSA) is 60.9 Å². The van der Waals surface area contributed by atoms with Crippen LogP contribution in [0.15, 0.2) is 6.07 Å². The molecule has 1 aromatic heterocycles. The molecule has 0 aromatic carbocycles. The molecule has 1 aromatic rings. The second kappa shape index (κ2) is 5.41. The molecule has 1 heterocycles. The van der Waals surface area contributed by atoms with E-state index in [-0.39, 0.29) is 34.8 Å². The molecule has 4 nitrogen and oxygen atoms in total. The molecule has 1 aliphatic carbocycles. The first-order valence-corrected chi connectivity index (χ1v) is 6.33. The van der Waals surface area contributed by atoms with E-state index in [0.29, 0.717) is 19.3 Å². The van der Waals surface area contributed by atoms with E-state index >= 15 is 0 Å². The highest BCUT2D eigenvalue weighted by molar-refractivity contribution is 5.91. The Morgan fingerprint density at radius 2 is 2.05 bits per heavy atom. The number of primary amides is 1. The van der Waals surface area contributed by atoms with Gasteiger partial charge in [-0.1, -0.05) is 0 Å². The quantitative estimate of drug-likeness (QED) is 0.868. The summed E-state index contributed by atoms with van der Waals surface area (Å²) in [6.45, 7) is -2.96. The Morgan fingerprint density at radius 1 is 1.45 bits per heavy atom. The summed E-state index contributed by atoms with van der Waals surface area (Å²) >= 11 is 0. The fourth-order valence-corrected chi connectivity index (χ4v) is 2.48. The lowest BCUT2D eigenvalue weighted by atomic mass is 9.84. The molecule has 0 aliphatic heterocycles. The zero-order valence-electron chi connectivity index (χ0n) is 10.7. The Kier molecular flexibility index (Phi) is 4.01. The van der Waals surface area contributed by atoms with Gasteiger partial charge in [-0.25, -0.2) is 8.78 Å². The maximum atomic E-state index is 13.0. The van der Waals surface area contributed by atoms with Crippen LogP contribution in [0.5, 0.6) is 0 Å². The lowest BCUT2D eigenvalue weighted by molar-refractivity contribution is -0.0457. The van der Waals surface area contributed by atoms with Gasteiger partial charge in [0.05, 0.1) is 5.69 Å². The number of carbonyl (C=O) groups is 1. The van der Waals surface area contributed by atoms with E-state index in [9.17, 15) is 22.4 Å². The maximum absolute atomic E-state index is 13.0. The van der Waals surface area contributed by atoms with Crippen LogP contribution in [-0.4, -0.2) is 21.6 Å². The molecule has 2 rings (SSSR count). The number of amides is 1. The van der Waals surface area contributed by atoms with Gasteiger partial charge in [0.15, 0.2) is 0 Å². The van der Waals surface area contributed by atoms with Crippen LogP contribution in [0.1, 0.15) is 48.4 Å². The fraction of sp³-hybridized carbons (Fsp3) is 0.667. The molecule has 0 saturated heterocycles. The van der Waals surface area contributed by atoms with Crippen molar-refractivity contribution in [3.8, 4) is 0 Å². The average Bonchev–Trinajstić information content (AvgIpc) is 2.76. The van der Waals surface area contributed by atoms with Gasteiger partial charge in [0.1, 0.15) is 5.69 Å². The van der Waals surface area contributed by atoms with Gasteiger partial charge in [0.25, 0.3) is 5.91 Å². The highest BCUT2D eigenvalue weighted by atomic mass is 19.3. The summed E-state index contributed by atoms with van der Waals surface area (Å²) in [6.07, 6.45) is 0.544. The molecule has 2 N–H and O–H groups in total. The molecule has 20 heavy (non-hydrogen) atoms. The van der Waals surface area contributed by atoms with Gasteiger partial charge in [-0.3, -0.25) is 4.79 Å². The van der Waals surface area contributed by atoms with Crippen molar-refractivity contribution in [3.63, 3.8) is 0 Å². The molecular formula is C12H15F4N3O. The molecule has 0 unspecified atom stereocenters. The van der Waals surface area contributed by atoms with E-state index in [1.165, 1.54) is 6.07 Å². The number of nitrogens with zero attached hydrogens (tertiary/aromatic N) is 2. The van der Waals surface area contributed by atoms with Crippen molar-refractivity contribution in [2.45, 2.75) is 44.6 Å². The molecule has 1 aliphatic rings. The molecule has 0 atom stereocenters. The Labute approximate surface area is 112 Å². The Morgan fingerprint density at radius 3 is 2.50 bits per heavy atom. The van der Waals surface area contributed by atoms with Gasteiger partial charge >= 0.3 is 6.55 Å². The van der Waals surface area contributed by atoms with Crippen LogP contribution in [0, 0.1) is 5.92 Å². The highest BCUT2D eigenvalue weighted by Crippen LogP contribution is 2.37. The van der Waals surface area contributed by atoms with Crippen molar-refractivity contribution in [2.75, 3.05) is 0 Å². The van der Waals surface area contributed by atoms with E-state index in [0.717, 1.165) is 0 Å². The van der Waals surface area contributed by atoms with E-state index in [4.69, 9.17) is 5.73 Å². The second-order valence-electron chi connectivity index (χ2n) is 5.11. The lowest BCUT2D eigenvalue weighted by Gasteiger charge is -2.27. The zero-order chi connectivity index (χ0) is 14.9. The standard InChI is InChI=1S/C12H15F4N3O/c13-11(14)19-9(10(17)20)6-8(18-19)5-7-1-3-12(15,16)4-2-7/h6-7,11H,1-5H2,(H2,17,20). The summed E-state index contributed by atoms with van der Waals surface area (Å²) in [4.78, 5) is 11.0. The SMILES string of the molecule is NC(=O)c1cc(CC2CCC(F)(F)CC2)nn1C(F)F. The Bertz CT molecular complexity index is 491. The third kappa shape index (κ3) is 3.29. The lowest BCUT2D eigenvalue weighted by Crippen LogP contribution is -2.25. The van der Waals surface area contributed by atoms with Crippen LogP contribution in [0.4, 0.5) is 17.6 Å². The van der Waals surface area contributed by atoms with E-state index in [1.807, 2.05) is 0 Å². The van der Waals surface area contributed by atoms with Gasteiger partial charge in [0.2, 0.25) is 5.92 Å². The molecule has 8 heteroatoms. The number of rotatable bonds is 4. The first kappa shape index (κ1) is 14.8. The molecule has 0 bridgehead atoms. The normalized spacial score (nSPS) is 19.4. The molecule has 0 radical (unpaired) electrons. The number of hydrogen-bond acceptors (Lipinski definition) is 2. The molecule has 1 fully saturated rings. The second-order valence-corrected chi connectivity index (χ2v) is 5.11. The van der Waals surface area contributed by atoms with Crippen LogP contribution in [0.3, 0.4) is 0 Å². The van der Waals surface area contributed by atoms with Crippen LogP contribution in [-0.2, 0) is 6.42 Å². The first-order valence-electron chi connectivity index (χ1n) is 6.33. The van der Waals surface area contributed by atoms with E-state index < -0.39 is 18.4 Å². The predicted octanol–water partition coefficient (Wildman–Crippen LogP) is 2.75. The first-order chi connectivity index (χ1) is 9.28. The van der Waals surface area contributed by atoms with Gasteiger partial charge < -0.3 is 5.73 Å². The molecule has 1 amide bonds. The Balaban J connectivity index is 2.07. The predicted molar refractivity (Wildman–Crippen MR) is 62.6 cm³/mol. The molecule has 112 valence electrons. The molecular weight excluding hydrogens is 278 g/mol. The summed E-state index contributed by atoms with van der Waals surface area (Å²) in [7, 11) is 0. The minimum Gasteiger partial charge on any atom is -0.364 e. The number of nitrogens with two attached hydrogens (primary N) is 1. The highest BCUT2D eigenvalue weighted by Gasteiger charge is 2.35. The number of halogens is 4. The smallest absolute Gasteiger partial charge is 0.333 e. The summed E-state index contributed by atoms with van der Waals surface area (Å²) in [6, 6.07) is 1.21. The van der Waals surface area contributed by atoms with Crippen LogP contribution in [0.25, 0.3) is 0 Å². The summed E-state index contributed by atoms with van der Waals surface area (Å²) in [5, 5.41) is 3.64. The number of aromatic nitrogens is 2. The van der Waals surface area contributed by atoms with E-state index in [2.05, 4.69) is 5.10 Å². The van der Waals surface area contributed by atoms with Crippen molar-refractivity contribution >= 4 is 5.91 Å². The number of carbonyl (C=O) groups excluding carboxylic acids is 1. The average molecular weight is 293 g/mol. The zero-order valence-corrected chi connectivity index (χ0v) is 10.7. The maximum Gasteiger partial charge on any atom is 0.333 e. The van der Waals surface area contributed by atoms with Crippen LogP contribution < -0.4 is 5.73 Å². The van der Waals surface area contributed by atoms with Gasteiger partial charge in [-0.15, -0.1) is 0 Å².